The predicted octanol–water partition coefficient (Wildman–Crippen LogP) is 2.86. The highest BCUT2D eigenvalue weighted by Crippen LogP contribution is 2.23. The summed E-state index contributed by atoms with van der Waals surface area (Å²) in [5.41, 5.74) is 1.60. The molecule has 0 saturated heterocycles. The maximum absolute atomic E-state index is 13.2. The maximum atomic E-state index is 13.2. The molecule has 3 rings (SSSR count). The lowest BCUT2D eigenvalue weighted by Gasteiger charge is -2.03. The molecule has 0 bridgehead atoms. The van der Waals surface area contributed by atoms with E-state index in [-0.39, 0.29) is 5.82 Å². The zero-order chi connectivity index (χ0) is 13.9. The average molecular weight is 307 g/mol. The van der Waals surface area contributed by atoms with Crippen LogP contribution in [0.25, 0.3) is 5.69 Å². The van der Waals surface area contributed by atoms with E-state index in [2.05, 4.69) is 20.5 Å². The monoisotopic (exact) mass is 307 g/mol. The fourth-order valence-corrected chi connectivity index (χ4v) is 3.15. The lowest BCUT2D eigenvalue weighted by atomic mass is 10.3. The van der Waals surface area contributed by atoms with Crippen LogP contribution in [0.15, 0.2) is 34.8 Å². The molecule has 0 atom stereocenters. The first-order valence-corrected chi connectivity index (χ1v) is 7.67. The van der Waals surface area contributed by atoms with Gasteiger partial charge in [0, 0.05) is 11.1 Å². The summed E-state index contributed by atoms with van der Waals surface area (Å²) < 4.78 is 14.8. The second-order valence-electron chi connectivity index (χ2n) is 4.00. The Kier molecular flexibility index (Phi) is 3.75. The molecule has 102 valence electrons. The normalized spacial score (nSPS) is 10.9. The summed E-state index contributed by atoms with van der Waals surface area (Å²) in [6.45, 7) is 1.97. The number of hydrogen-bond donors (Lipinski definition) is 0. The molecule has 1 aromatic carbocycles. The summed E-state index contributed by atoms with van der Waals surface area (Å²) in [6, 6.07) is 6.17. The Morgan fingerprint density at radius 2 is 2.30 bits per heavy atom. The topological polar surface area (TPSA) is 56.5 Å². The van der Waals surface area contributed by atoms with Gasteiger partial charge in [0.15, 0.2) is 0 Å². The summed E-state index contributed by atoms with van der Waals surface area (Å²) in [6.07, 6.45) is 0. The van der Waals surface area contributed by atoms with E-state index >= 15 is 0 Å². The van der Waals surface area contributed by atoms with Gasteiger partial charge >= 0.3 is 0 Å². The van der Waals surface area contributed by atoms with Gasteiger partial charge in [0.1, 0.15) is 5.82 Å². The smallest absolute Gasteiger partial charge is 0.214 e. The van der Waals surface area contributed by atoms with Crippen molar-refractivity contribution in [1.82, 2.24) is 25.2 Å². The number of rotatable bonds is 4. The second-order valence-corrected chi connectivity index (χ2v) is 6.00. The fraction of sp³-hybridized carbons (Fsp3) is 0.167. The van der Waals surface area contributed by atoms with Crippen LogP contribution in [0, 0.1) is 12.7 Å². The van der Waals surface area contributed by atoms with E-state index in [9.17, 15) is 4.39 Å². The number of thiazole rings is 1. The van der Waals surface area contributed by atoms with Crippen LogP contribution in [0.3, 0.4) is 0 Å². The molecule has 0 amide bonds. The number of aryl methyl sites for hydroxylation is 1. The Morgan fingerprint density at radius 1 is 1.40 bits per heavy atom. The van der Waals surface area contributed by atoms with Crippen molar-refractivity contribution >= 4 is 23.1 Å². The van der Waals surface area contributed by atoms with Crippen LogP contribution < -0.4 is 0 Å². The van der Waals surface area contributed by atoms with Crippen molar-refractivity contribution < 1.29 is 4.39 Å². The molecule has 0 saturated carbocycles. The zero-order valence-corrected chi connectivity index (χ0v) is 12.2. The third-order valence-corrected chi connectivity index (χ3v) is 4.28. The van der Waals surface area contributed by atoms with Gasteiger partial charge in [-0.25, -0.2) is 9.37 Å². The van der Waals surface area contributed by atoms with Gasteiger partial charge in [0.05, 0.1) is 16.4 Å². The Bertz CT molecular complexity index is 724. The molecule has 0 radical (unpaired) electrons. The van der Waals surface area contributed by atoms with Crippen LogP contribution in [0.1, 0.15) is 10.7 Å². The summed E-state index contributed by atoms with van der Waals surface area (Å²) in [7, 11) is 0. The number of nitrogens with zero attached hydrogens (tertiary/aromatic N) is 5. The van der Waals surface area contributed by atoms with Crippen LogP contribution in [0.5, 0.6) is 0 Å². The van der Waals surface area contributed by atoms with Crippen molar-refractivity contribution in [1.29, 1.82) is 0 Å². The van der Waals surface area contributed by atoms with Crippen molar-refractivity contribution in [3.8, 4) is 5.69 Å². The van der Waals surface area contributed by atoms with Crippen molar-refractivity contribution in [2.45, 2.75) is 17.8 Å². The molecule has 2 aromatic heterocycles. The highest BCUT2D eigenvalue weighted by atomic mass is 32.2. The average Bonchev–Trinajstić information content (AvgIpc) is 3.05. The van der Waals surface area contributed by atoms with Crippen molar-refractivity contribution in [2.24, 2.45) is 0 Å². The van der Waals surface area contributed by atoms with E-state index in [4.69, 9.17) is 0 Å². The minimum atomic E-state index is -0.316. The maximum Gasteiger partial charge on any atom is 0.214 e. The Balaban J connectivity index is 1.80. The van der Waals surface area contributed by atoms with Crippen LogP contribution in [0.2, 0.25) is 0 Å². The third-order valence-electron chi connectivity index (χ3n) is 2.51. The van der Waals surface area contributed by atoms with E-state index in [1.54, 1.807) is 23.5 Å². The van der Waals surface area contributed by atoms with E-state index in [0.29, 0.717) is 16.6 Å². The van der Waals surface area contributed by atoms with Crippen molar-refractivity contribution in [3.63, 3.8) is 0 Å². The van der Waals surface area contributed by atoms with Crippen molar-refractivity contribution in [2.75, 3.05) is 0 Å². The number of thioether (sulfide) groups is 1. The lowest BCUT2D eigenvalue weighted by molar-refractivity contribution is 0.623. The first kappa shape index (κ1) is 13.2. The Labute approximate surface area is 122 Å². The summed E-state index contributed by atoms with van der Waals surface area (Å²) >= 11 is 3.08. The SMILES string of the molecule is Cc1nc(CSc2nnnn2-c2cccc(F)c2)cs1. The molecule has 8 heteroatoms. The van der Waals surface area contributed by atoms with E-state index < -0.39 is 0 Å². The fourth-order valence-electron chi connectivity index (χ4n) is 1.65. The van der Waals surface area contributed by atoms with Crippen LogP contribution >= 0.6 is 23.1 Å². The molecule has 0 aliphatic carbocycles. The van der Waals surface area contributed by atoms with Gasteiger partial charge in [-0.1, -0.05) is 17.8 Å². The summed E-state index contributed by atoms with van der Waals surface area (Å²) in [5, 5.41) is 15.2. The number of aromatic nitrogens is 5. The molecule has 5 nitrogen and oxygen atoms in total. The first-order valence-electron chi connectivity index (χ1n) is 5.80. The largest absolute Gasteiger partial charge is 0.246 e. The van der Waals surface area contributed by atoms with E-state index in [0.717, 1.165) is 10.7 Å². The van der Waals surface area contributed by atoms with Gasteiger partial charge in [-0.2, -0.15) is 4.68 Å². The molecule has 0 fully saturated rings. The van der Waals surface area contributed by atoms with Gasteiger partial charge in [-0.3, -0.25) is 0 Å². The quantitative estimate of drug-likeness (QED) is 0.694. The molecule has 0 aliphatic rings. The zero-order valence-electron chi connectivity index (χ0n) is 10.5. The van der Waals surface area contributed by atoms with E-state index in [1.807, 2.05) is 12.3 Å². The Hall–Kier alpha value is -1.80. The summed E-state index contributed by atoms with van der Waals surface area (Å²) in [4.78, 5) is 4.39. The lowest BCUT2D eigenvalue weighted by Crippen LogP contribution is -1.99. The first-order chi connectivity index (χ1) is 9.72. The standard InChI is InChI=1S/C12H10FN5S2/c1-8-14-10(6-19-8)7-20-12-15-16-17-18(12)11-4-2-3-9(13)5-11/h2-6H,7H2,1H3. The minimum Gasteiger partial charge on any atom is -0.246 e. The predicted molar refractivity (Wildman–Crippen MR) is 75.5 cm³/mol. The van der Waals surface area contributed by atoms with Gasteiger partial charge < -0.3 is 0 Å². The molecule has 0 aliphatic heterocycles. The van der Waals surface area contributed by atoms with Crippen molar-refractivity contribution in [3.05, 3.63) is 46.2 Å². The number of benzene rings is 1. The van der Waals surface area contributed by atoms with Crippen LogP contribution in [0.4, 0.5) is 4.39 Å². The number of halogens is 1. The van der Waals surface area contributed by atoms with E-state index in [1.165, 1.54) is 28.6 Å². The molecular weight excluding hydrogens is 297 g/mol. The molecular formula is C12H10FN5S2. The highest BCUT2D eigenvalue weighted by molar-refractivity contribution is 7.98. The molecule has 0 N–H and O–H groups in total. The van der Waals surface area contributed by atoms with Gasteiger partial charge in [0.2, 0.25) is 5.16 Å². The molecule has 3 aromatic rings. The molecule has 0 unspecified atom stereocenters. The number of hydrogen-bond acceptors (Lipinski definition) is 6. The number of tetrazole rings is 1. The third kappa shape index (κ3) is 2.86. The van der Waals surface area contributed by atoms with Gasteiger partial charge in [0.25, 0.3) is 0 Å². The second kappa shape index (κ2) is 5.68. The summed E-state index contributed by atoms with van der Waals surface area (Å²) in [5.74, 6) is 0.365. The molecule has 0 spiro atoms. The minimum absolute atomic E-state index is 0.316. The molecule has 20 heavy (non-hydrogen) atoms. The van der Waals surface area contributed by atoms with Crippen LogP contribution in [-0.2, 0) is 5.75 Å². The highest BCUT2D eigenvalue weighted by Gasteiger charge is 2.10. The molecule has 2 heterocycles. The van der Waals surface area contributed by atoms with Crippen LogP contribution in [-0.4, -0.2) is 25.2 Å². The van der Waals surface area contributed by atoms with Gasteiger partial charge in [-0.15, -0.1) is 16.4 Å². The van der Waals surface area contributed by atoms with Gasteiger partial charge in [-0.05, 0) is 35.5 Å². The Morgan fingerprint density at radius 3 is 3.05 bits per heavy atom.